The number of aryl methyl sites for hydroxylation is 2. The number of nitrogen functional groups attached to an aromatic ring is 1. The monoisotopic (exact) mass is 202 g/mol. The van der Waals surface area contributed by atoms with E-state index in [4.69, 9.17) is 5.73 Å². The lowest BCUT2D eigenvalue weighted by Gasteiger charge is -2.07. The topological polar surface area (TPSA) is 56.7 Å². The van der Waals surface area contributed by atoms with Gasteiger partial charge in [-0.3, -0.25) is 0 Å². The number of benzene rings is 1. The first kappa shape index (κ1) is 9.71. The lowest BCUT2D eigenvalue weighted by Crippen LogP contribution is -2.01. The standard InChI is InChI=1S/C11H14N4/c1-3-15-11(13-7-14-15)9-6-8(2)4-5-10(9)12/h4-7H,3,12H2,1-2H3. The number of hydrogen-bond acceptors (Lipinski definition) is 3. The van der Waals surface area contributed by atoms with Crippen LogP contribution >= 0.6 is 0 Å². The van der Waals surface area contributed by atoms with Crippen LogP contribution in [-0.2, 0) is 6.54 Å². The van der Waals surface area contributed by atoms with Crippen molar-refractivity contribution in [3.8, 4) is 11.4 Å². The van der Waals surface area contributed by atoms with E-state index >= 15 is 0 Å². The first-order valence-electron chi connectivity index (χ1n) is 4.96. The van der Waals surface area contributed by atoms with Gasteiger partial charge in [-0.2, -0.15) is 5.10 Å². The van der Waals surface area contributed by atoms with Crippen molar-refractivity contribution in [3.05, 3.63) is 30.1 Å². The molecule has 0 spiro atoms. The third-order valence-electron chi connectivity index (χ3n) is 2.36. The second kappa shape index (κ2) is 3.73. The predicted molar refractivity (Wildman–Crippen MR) is 60.3 cm³/mol. The predicted octanol–water partition coefficient (Wildman–Crippen LogP) is 1.86. The minimum absolute atomic E-state index is 0.739. The minimum Gasteiger partial charge on any atom is -0.398 e. The third kappa shape index (κ3) is 1.70. The second-order valence-corrected chi connectivity index (χ2v) is 3.49. The van der Waals surface area contributed by atoms with Gasteiger partial charge in [0.05, 0.1) is 0 Å². The highest BCUT2D eigenvalue weighted by Crippen LogP contribution is 2.24. The molecule has 0 fully saturated rings. The van der Waals surface area contributed by atoms with Crippen molar-refractivity contribution in [2.24, 2.45) is 0 Å². The summed E-state index contributed by atoms with van der Waals surface area (Å²) in [5.74, 6) is 0.832. The Labute approximate surface area is 88.8 Å². The zero-order valence-corrected chi connectivity index (χ0v) is 8.94. The molecule has 2 rings (SSSR count). The van der Waals surface area contributed by atoms with Gasteiger partial charge in [0.15, 0.2) is 5.82 Å². The van der Waals surface area contributed by atoms with E-state index < -0.39 is 0 Å². The smallest absolute Gasteiger partial charge is 0.160 e. The Kier molecular flexibility index (Phi) is 2.41. The molecule has 0 saturated heterocycles. The quantitative estimate of drug-likeness (QED) is 0.756. The fourth-order valence-electron chi connectivity index (χ4n) is 1.57. The summed E-state index contributed by atoms with van der Waals surface area (Å²) < 4.78 is 1.84. The third-order valence-corrected chi connectivity index (χ3v) is 2.36. The normalized spacial score (nSPS) is 10.5. The lowest BCUT2D eigenvalue weighted by molar-refractivity contribution is 0.666. The molecule has 78 valence electrons. The molecular weight excluding hydrogens is 188 g/mol. The van der Waals surface area contributed by atoms with Crippen LogP contribution in [0.15, 0.2) is 24.5 Å². The Hall–Kier alpha value is -1.84. The van der Waals surface area contributed by atoms with E-state index in [9.17, 15) is 0 Å². The van der Waals surface area contributed by atoms with Gasteiger partial charge in [-0.15, -0.1) is 0 Å². The van der Waals surface area contributed by atoms with Crippen LogP contribution in [0, 0.1) is 6.92 Å². The molecule has 0 atom stereocenters. The molecule has 1 heterocycles. The molecule has 0 radical (unpaired) electrons. The summed E-state index contributed by atoms with van der Waals surface area (Å²) in [6.45, 7) is 4.86. The average molecular weight is 202 g/mol. The van der Waals surface area contributed by atoms with E-state index in [1.54, 1.807) is 6.33 Å². The molecule has 0 unspecified atom stereocenters. The van der Waals surface area contributed by atoms with Crippen molar-refractivity contribution < 1.29 is 0 Å². The summed E-state index contributed by atoms with van der Waals surface area (Å²) >= 11 is 0. The summed E-state index contributed by atoms with van der Waals surface area (Å²) in [4.78, 5) is 4.23. The van der Waals surface area contributed by atoms with Gasteiger partial charge in [0, 0.05) is 17.8 Å². The Morgan fingerprint density at radius 2 is 2.20 bits per heavy atom. The maximum atomic E-state index is 5.92. The van der Waals surface area contributed by atoms with E-state index in [-0.39, 0.29) is 0 Å². The van der Waals surface area contributed by atoms with Gasteiger partial charge >= 0.3 is 0 Å². The zero-order valence-electron chi connectivity index (χ0n) is 8.94. The molecule has 0 bridgehead atoms. The maximum Gasteiger partial charge on any atom is 0.160 e. The van der Waals surface area contributed by atoms with Gasteiger partial charge < -0.3 is 5.73 Å². The molecule has 4 nitrogen and oxygen atoms in total. The molecule has 0 saturated carbocycles. The Balaban J connectivity index is 2.58. The fourth-order valence-corrected chi connectivity index (χ4v) is 1.57. The summed E-state index contributed by atoms with van der Waals surface area (Å²) in [7, 11) is 0. The van der Waals surface area contributed by atoms with Crippen LogP contribution in [-0.4, -0.2) is 14.8 Å². The van der Waals surface area contributed by atoms with Crippen molar-refractivity contribution in [1.29, 1.82) is 0 Å². The molecule has 0 aliphatic rings. The van der Waals surface area contributed by atoms with E-state index in [0.29, 0.717) is 0 Å². The summed E-state index contributed by atoms with van der Waals surface area (Å²) in [5, 5.41) is 4.13. The minimum atomic E-state index is 0.739. The van der Waals surface area contributed by atoms with Crippen molar-refractivity contribution >= 4 is 5.69 Å². The number of aromatic nitrogens is 3. The Bertz CT molecular complexity index is 473. The largest absolute Gasteiger partial charge is 0.398 e. The van der Waals surface area contributed by atoms with Crippen LogP contribution in [0.25, 0.3) is 11.4 Å². The van der Waals surface area contributed by atoms with Crippen LogP contribution in [0.3, 0.4) is 0 Å². The van der Waals surface area contributed by atoms with Crippen LogP contribution in [0.5, 0.6) is 0 Å². The van der Waals surface area contributed by atoms with Crippen molar-refractivity contribution in [1.82, 2.24) is 14.8 Å². The van der Waals surface area contributed by atoms with Crippen LogP contribution in [0.4, 0.5) is 5.69 Å². The van der Waals surface area contributed by atoms with Crippen molar-refractivity contribution in [2.45, 2.75) is 20.4 Å². The van der Waals surface area contributed by atoms with Gasteiger partial charge in [-0.05, 0) is 26.0 Å². The molecule has 1 aromatic heterocycles. The average Bonchev–Trinajstić information content (AvgIpc) is 2.69. The SMILES string of the molecule is CCn1ncnc1-c1cc(C)ccc1N. The van der Waals surface area contributed by atoms with E-state index in [1.807, 2.05) is 36.7 Å². The van der Waals surface area contributed by atoms with Gasteiger partial charge in [-0.1, -0.05) is 11.6 Å². The first-order valence-corrected chi connectivity index (χ1v) is 4.96. The maximum absolute atomic E-state index is 5.92. The van der Waals surface area contributed by atoms with Gasteiger partial charge in [0.2, 0.25) is 0 Å². The van der Waals surface area contributed by atoms with Crippen LogP contribution in [0.1, 0.15) is 12.5 Å². The molecule has 15 heavy (non-hydrogen) atoms. The number of rotatable bonds is 2. The van der Waals surface area contributed by atoms with E-state index in [2.05, 4.69) is 10.1 Å². The van der Waals surface area contributed by atoms with E-state index in [1.165, 1.54) is 5.56 Å². The number of anilines is 1. The molecule has 0 amide bonds. The van der Waals surface area contributed by atoms with Crippen LogP contribution in [0.2, 0.25) is 0 Å². The van der Waals surface area contributed by atoms with Gasteiger partial charge in [0.1, 0.15) is 6.33 Å². The zero-order chi connectivity index (χ0) is 10.8. The molecule has 0 aliphatic heterocycles. The number of hydrogen-bond donors (Lipinski definition) is 1. The molecule has 0 aliphatic carbocycles. The molecule has 2 N–H and O–H groups in total. The van der Waals surface area contributed by atoms with Gasteiger partial charge in [0.25, 0.3) is 0 Å². The lowest BCUT2D eigenvalue weighted by atomic mass is 10.1. The highest BCUT2D eigenvalue weighted by molar-refractivity contribution is 5.72. The molecule has 1 aromatic carbocycles. The molecule has 2 aromatic rings. The summed E-state index contributed by atoms with van der Waals surface area (Å²) in [5.41, 5.74) is 8.79. The fraction of sp³-hybridized carbons (Fsp3) is 0.273. The summed E-state index contributed by atoms with van der Waals surface area (Å²) in [6.07, 6.45) is 1.56. The second-order valence-electron chi connectivity index (χ2n) is 3.49. The first-order chi connectivity index (χ1) is 7.22. The highest BCUT2D eigenvalue weighted by Gasteiger charge is 2.09. The molecule has 4 heteroatoms. The van der Waals surface area contributed by atoms with Crippen LogP contribution < -0.4 is 5.73 Å². The van der Waals surface area contributed by atoms with Crippen molar-refractivity contribution in [2.75, 3.05) is 5.73 Å². The van der Waals surface area contributed by atoms with E-state index in [0.717, 1.165) is 23.6 Å². The van der Waals surface area contributed by atoms with Gasteiger partial charge in [-0.25, -0.2) is 9.67 Å². The van der Waals surface area contributed by atoms with Crippen molar-refractivity contribution in [3.63, 3.8) is 0 Å². The number of nitrogens with zero attached hydrogens (tertiary/aromatic N) is 3. The number of nitrogens with two attached hydrogens (primary N) is 1. The molecular formula is C11H14N4. The highest BCUT2D eigenvalue weighted by atomic mass is 15.3. The Morgan fingerprint density at radius 3 is 2.93 bits per heavy atom. The Morgan fingerprint density at radius 1 is 1.40 bits per heavy atom. The summed E-state index contributed by atoms with van der Waals surface area (Å²) in [6, 6.07) is 5.93.